The summed E-state index contributed by atoms with van der Waals surface area (Å²) in [6.07, 6.45) is 0. The Morgan fingerprint density at radius 1 is 1.03 bits per heavy atom. The predicted molar refractivity (Wildman–Crippen MR) is 127 cm³/mol. The first-order valence-electron chi connectivity index (χ1n) is 9.95. The van der Waals surface area contributed by atoms with Gasteiger partial charge < -0.3 is 15.0 Å². The minimum absolute atomic E-state index is 0.159. The van der Waals surface area contributed by atoms with Crippen molar-refractivity contribution in [1.82, 2.24) is 4.57 Å². The molecular weight excluding hydrogens is 410 g/mol. The van der Waals surface area contributed by atoms with Crippen molar-refractivity contribution in [3.8, 4) is 5.69 Å². The number of para-hydroxylation sites is 1. The molecule has 0 bridgehead atoms. The van der Waals surface area contributed by atoms with Crippen molar-refractivity contribution >= 4 is 44.6 Å². The molecule has 158 valence electrons. The van der Waals surface area contributed by atoms with E-state index in [2.05, 4.69) is 5.32 Å². The molecule has 4 rings (SSSR count). The molecule has 4 aromatic rings. The second-order valence-electron chi connectivity index (χ2n) is 7.15. The van der Waals surface area contributed by atoms with Crippen LogP contribution in [0.25, 0.3) is 15.9 Å². The lowest BCUT2D eigenvalue weighted by molar-refractivity contribution is 0.0533. The number of thiophene rings is 1. The maximum atomic E-state index is 12.8. The minimum atomic E-state index is -0.413. The summed E-state index contributed by atoms with van der Waals surface area (Å²) in [6, 6.07) is 20.6. The van der Waals surface area contributed by atoms with E-state index in [-0.39, 0.29) is 12.2 Å². The van der Waals surface area contributed by atoms with Gasteiger partial charge in [0.15, 0.2) is 0 Å². The number of hydrogen-bond acceptors (Lipinski definition) is 6. The molecule has 0 unspecified atom stereocenters. The Morgan fingerprint density at radius 3 is 2.39 bits per heavy atom. The van der Waals surface area contributed by atoms with Gasteiger partial charge in [-0.05, 0) is 49.4 Å². The van der Waals surface area contributed by atoms with Crippen molar-refractivity contribution in [1.29, 1.82) is 0 Å². The Kier molecular flexibility index (Phi) is 5.77. The molecule has 0 aliphatic rings. The highest BCUT2D eigenvalue weighted by Crippen LogP contribution is 2.38. The van der Waals surface area contributed by atoms with Crippen molar-refractivity contribution in [2.75, 3.05) is 30.9 Å². The fraction of sp³-hybridized carbons (Fsp3) is 0.167. The van der Waals surface area contributed by atoms with Gasteiger partial charge >= 0.3 is 5.97 Å². The third kappa shape index (κ3) is 4.04. The number of pyridine rings is 1. The molecule has 2 aromatic carbocycles. The highest BCUT2D eigenvalue weighted by atomic mass is 32.1. The second kappa shape index (κ2) is 8.65. The van der Waals surface area contributed by atoms with Crippen LogP contribution in [0.3, 0.4) is 0 Å². The molecular formula is C24H23N3O3S. The number of anilines is 3. The van der Waals surface area contributed by atoms with Gasteiger partial charge in [-0.1, -0.05) is 18.2 Å². The number of nitrogens with one attached hydrogen (secondary N) is 1. The number of fused-ring (bicyclic) bond motifs is 1. The number of rotatable bonds is 6. The van der Waals surface area contributed by atoms with Crippen LogP contribution in [0, 0.1) is 0 Å². The summed E-state index contributed by atoms with van der Waals surface area (Å²) in [5, 5.41) is 4.13. The molecule has 0 amide bonds. The fourth-order valence-electron chi connectivity index (χ4n) is 3.36. The first-order valence-corrected chi connectivity index (χ1v) is 10.8. The molecule has 7 heteroatoms. The van der Waals surface area contributed by atoms with Gasteiger partial charge in [-0.3, -0.25) is 9.36 Å². The van der Waals surface area contributed by atoms with E-state index in [9.17, 15) is 9.59 Å². The third-order valence-electron chi connectivity index (χ3n) is 4.87. The number of aromatic nitrogens is 1. The van der Waals surface area contributed by atoms with Crippen LogP contribution in [0.2, 0.25) is 0 Å². The van der Waals surface area contributed by atoms with E-state index in [1.165, 1.54) is 17.4 Å². The number of esters is 1. The van der Waals surface area contributed by atoms with Crippen LogP contribution in [-0.4, -0.2) is 31.2 Å². The molecule has 0 saturated heterocycles. The minimum Gasteiger partial charge on any atom is -0.462 e. The second-order valence-corrected chi connectivity index (χ2v) is 8.15. The van der Waals surface area contributed by atoms with Crippen molar-refractivity contribution in [2.45, 2.75) is 6.92 Å². The zero-order valence-corrected chi connectivity index (χ0v) is 18.4. The molecule has 0 aliphatic heterocycles. The Labute approximate surface area is 184 Å². The lowest BCUT2D eigenvalue weighted by atomic mass is 10.2. The van der Waals surface area contributed by atoms with Crippen LogP contribution >= 0.6 is 11.3 Å². The van der Waals surface area contributed by atoms with Crippen molar-refractivity contribution < 1.29 is 9.53 Å². The van der Waals surface area contributed by atoms with Crippen molar-refractivity contribution in [3.63, 3.8) is 0 Å². The predicted octanol–water partition coefficient (Wildman–Crippen LogP) is 5.04. The highest BCUT2D eigenvalue weighted by molar-refractivity contribution is 7.21. The summed E-state index contributed by atoms with van der Waals surface area (Å²) in [7, 11) is 3.93. The third-order valence-corrected chi connectivity index (χ3v) is 6.04. The van der Waals surface area contributed by atoms with Gasteiger partial charge in [-0.15, -0.1) is 11.3 Å². The molecule has 2 heterocycles. The summed E-state index contributed by atoms with van der Waals surface area (Å²) < 4.78 is 6.93. The number of nitrogens with zero attached hydrogens (tertiary/aromatic N) is 2. The Balaban J connectivity index is 1.92. The lowest BCUT2D eigenvalue weighted by Gasteiger charge is -2.14. The first kappa shape index (κ1) is 20.7. The van der Waals surface area contributed by atoms with Gasteiger partial charge in [0, 0.05) is 36.9 Å². The summed E-state index contributed by atoms with van der Waals surface area (Å²) in [5.41, 5.74) is 3.11. The van der Waals surface area contributed by atoms with Crippen LogP contribution in [0.15, 0.2) is 71.5 Å². The SMILES string of the molecule is CCOC(=O)c1sc2c(ccc(=O)n2-c2ccc(N(C)C)cc2)c1Nc1ccccc1. The van der Waals surface area contributed by atoms with Gasteiger partial charge in [0.2, 0.25) is 0 Å². The van der Waals surface area contributed by atoms with Gasteiger partial charge in [-0.2, -0.15) is 0 Å². The van der Waals surface area contributed by atoms with Gasteiger partial charge in [-0.25, -0.2) is 4.79 Å². The lowest BCUT2D eigenvalue weighted by Crippen LogP contribution is -2.16. The van der Waals surface area contributed by atoms with Crippen LogP contribution < -0.4 is 15.8 Å². The average Bonchev–Trinajstić information content (AvgIpc) is 3.13. The van der Waals surface area contributed by atoms with Crippen molar-refractivity contribution in [3.05, 3.63) is 82.0 Å². The van der Waals surface area contributed by atoms with E-state index in [1.54, 1.807) is 17.6 Å². The Hall–Kier alpha value is -3.58. The average molecular weight is 434 g/mol. The summed E-state index contributed by atoms with van der Waals surface area (Å²) in [4.78, 5) is 28.7. The first-order chi connectivity index (χ1) is 15.0. The summed E-state index contributed by atoms with van der Waals surface area (Å²) in [6.45, 7) is 2.05. The molecule has 0 radical (unpaired) electrons. The monoisotopic (exact) mass is 433 g/mol. The highest BCUT2D eigenvalue weighted by Gasteiger charge is 2.22. The van der Waals surface area contributed by atoms with Crippen molar-refractivity contribution in [2.24, 2.45) is 0 Å². The van der Waals surface area contributed by atoms with Gasteiger partial charge in [0.25, 0.3) is 5.56 Å². The smallest absolute Gasteiger partial charge is 0.350 e. The standard InChI is InChI=1S/C24H23N3O3S/c1-4-30-24(29)22-21(25-16-8-6-5-7-9-16)19-14-15-20(28)27(23(19)31-22)18-12-10-17(11-13-18)26(2)3/h5-15,25H,4H2,1-3H3. The zero-order valence-electron chi connectivity index (χ0n) is 17.6. The molecule has 31 heavy (non-hydrogen) atoms. The zero-order chi connectivity index (χ0) is 22.0. The van der Waals surface area contributed by atoms with E-state index in [1.807, 2.05) is 73.6 Å². The normalized spacial score (nSPS) is 10.8. The maximum absolute atomic E-state index is 12.8. The number of carbonyl (C=O) groups is 1. The van der Waals surface area contributed by atoms with E-state index < -0.39 is 5.97 Å². The van der Waals surface area contributed by atoms with Crippen LogP contribution in [0.1, 0.15) is 16.6 Å². The van der Waals surface area contributed by atoms with Gasteiger partial charge in [0.1, 0.15) is 9.71 Å². The van der Waals surface area contributed by atoms with Crippen LogP contribution in [-0.2, 0) is 4.74 Å². The fourth-order valence-corrected chi connectivity index (χ4v) is 4.52. The molecule has 0 spiro atoms. The topological polar surface area (TPSA) is 63.6 Å². The number of carbonyl (C=O) groups excluding carboxylic acids is 1. The Morgan fingerprint density at radius 2 is 1.74 bits per heavy atom. The number of hydrogen-bond donors (Lipinski definition) is 1. The van der Waals surface area contributed by atoms with Crippen LogP contribution in [0.5, 0.6) is 0 Å². The quantitative estimate of drug-likeness (QED) is 0.432. The summed E-state index contributed by atoms with van der Waals surface area (Å²) in [5.74, 6) is -0.413. The Bertz CT molecular complexity index is 1280. The van der Waals surface area contributed by atoms with E-state index in [0.29, 0.717) is 15.4 Å². The number of ether oxygens (including phenoxy) is 1. The molecule has 2 aromatic heterocycles. The molecule has 1 N–H and O–H groups in total. The van der Waals surface area contributed by atoms with Gasteiger partial charge in [0.05, 0.1) is 18.0 Å². The molecule has 0 saturated carbocycles. The van der Waals surface area contributed by atoms with E-state index in [4.69, 9.17) is 4.74 Å². The summed E-state index contributed by atoms with van der Waals surface area (Å²) >= 11 is 1.25. The maximum Gasteiger partial charge on any atom is 0.350 e. The largest absolute Gasteiger partial charge is 0.462 e. The number of benzene rings is 2. The molecule has 0 aliphatic carbocycles. The molecule has 6 nitrogen and oxygen atoms in total. The van der Waals surface area contributed by atoms with Crippen LogP contribution in [0.4, 0.5) is 17.1 Å². The molecule has 0 atom stereocenters. The molecule has 0 fully saturated rings. The van der Waals surface area contributed by atoms with E-state index >= 15 is 0 Å². The van der Waals surface area contributed by atoms with E-state index in [0.717, 1.165) is 22.4 Å².